The Morgan fingerprint density at radius 1 is 1.00 bits per heavy atom. The number of benzene rings is 2. The van der Waals surface area contributed by atoms with Crippen molar-refractivity contribution in [1.82, 2.24) is 0 Å². The SMILES string of the molecule is O=C(Nc1ccc(SCC(F)(F)F)cc1)c1ccccc1. The van der Waals surface area contributed by atoms with Gasteiger partial charge < -0.3 is 5.32 Å². The molecule has 0 fully saturated rings. The number of carbonyl (C=O) groups excluding carboxylic acids is 1. The smallest absolute Gasteiger partial charge is 0.322 e. The van der Waals surface area contributed by atoms with E-state index in [0.29, 0.717) is 27.9 Å². The third kappa shape index (κ3) is 5.15. The van der Waals surface area contributed by atoms with Crippen LogP contribution in [-0.4, -0.2) is 17.8 Å². The summed E-state index contributed by atoms with van der Waals surface area (Å²) in [6.45, 7) is 0. The third-order valence-electron chi connectivity index (χ3n) is 2.55. The van der Waals surface area contributed by atoms with Gasteiger partial charge in [0, 0.05) is 16.1 Å². The maximum atomic E-state index is 12.1. The van der Waals surface area contributed by atoms with Gasteiger partial charge in [-0.15, -0.1) is 11.8 Å². The number of alkyl halides is 3. The fourth-order valence-corrected chi connectivity index (χ4v) is 2.25. The van der Waals surface area contributed by atoms with E-state index < -0.39 is 11.9 Å². The number of hydrogen-bond acceptors (Lipinski definition) is 2. The standard InChI is InChI=1S/C15H12F3NOS/c16-15(17,18)10-21-13-8-6-12(7-9-13)19-14(20)11-4-2-1-3-5-11/h1-9H,10H2,(H,19,20). The van der Waals surface area contributed by atoms with Crippen LogP contribution < -0.4 is 5.32 Å². The van der Waals surface area contributed by atoms with Gasteiger partial charge in [0.1, 0.15) is 0 Å². The fourth-order valence-electron chi connectivity index (χ4n) is 1.59. The number of amides is 1. The van der Waals surface area contributed by atoms with Crippen LogP contribution in [0.5, 0.6) is 0 Å². The molecule has 0 aliphatic rings. The Balaban J connectivity index is 1.95. The Hall–Kier alpha value is -1.95. The quantitative estimate of drug-likeness (QED) is 0.837. The van der Waals surface area contributed by atoms with E-state index in [4.69, 9.17) is 0 Å². The maximum absolute atomic E-state index is 12.1. The predicted molar refractivity (Wildman–Crippen MR) is 77.6 cm³/mol. The normalized spacial score (nSPS) is 11.2. The van der Waals surface area contributed by atoms with Crippen LogP contribution in [0.15, 0.2) is 59.5 Å². The van der Waals surface area contributed by atoms with Crippen molar-refractivity contribution in [2.24, 2.45) is 0 Å². The second-order valence-electron chi connectivity index (χ2n) is 4.25. The van der Waals surface area contributed by atoms with Crippen molar-refractivity contribution in [2.75, 3.05) is 11.1 Å². The molecular formula is C15H12F3NOS. The zero-order chi connectivity index (χ0) is 15.3. The highest BCUT2D eigenvalue weighted by Crippen LogP contribution is 2.27. The first kappa shape index (κ1) is 15.4. The minimum absolute atomic E-state index is 0.258. The van der Waals surface area contributed by atoms with Crippen molar-refractivity contribution in [1.29, 1.82) is 0 Å². The van der Waals surface area contributed by atoms with Gasteiger partial charge in [0.15, 0.2) is 0 Å². The van der Waals surface area contributed by atoms with Gasteiger partial charge in [-0.25, -0.2) is 0 Å². The highest BCUT2D eigenvalue weighted by Gasteiger charge is 2.27. The Labute approximate surface area is 124 Å². The van der Waals surface area contributed by atoms with Crippen molar-refractivity contribution >= 4 is 23.4 Å². The van der Waals surface area contributed by atoms with Crippen molar-refractivity contribution in [2.45, 2.75) is 11.1 Å². The molecule has 21 heavy (non-hydrogen) atoms. The highest BCUT2D eigenvalue weighted by molar-refractivity contribution is 7.99. The summed E-state index contributed by atoms with van der Waals surface area (Å²) < 4.78 is 36.3. The summed E-state index contributed by atoms with van der Waals surface area (Å²) in [5.74, 6) is -1.19. The molecule has 2 nitrogen and oxygen atoms in total. The van der Waals surface area contributed by atoms with Crippen molar-refractivity contribution in [3.63, 3.8) is 0 Å². The van der Waals surface area contributed by atoms with E-state index in [-0.39, 0.29) is 5.91 Å². The minimum atomic E-state index is -4.19. The van der Waals surface area contributed by atoms with Crippen LogP contribution in [0.1, 0.15) is 10.4 Å². The minimum Gasteiger partial charge on any atom is -0.322 e. The molecule has 6 heteroatoms. The largest absolute Gasteiger partial charge is 0.398 e. The predicted octanol–water partition coefficient (Wildman–Crippen LogP) is 4.59. The topological polar surface area (TPSA) is 29.1 Å². The van der Waals surface area contributed by atoms with Gasteiger partial charge in [0.05, 0.1) is 5.75 Å². The lowest BCUT2D eigenvalue weighted by Crippen LogP contribution is -2.11. The summed E-state index contributed by atoms with van der Waals surface area (Å²) >= 11 is 0.714. The Morgan fingerprint density at radius 3 is 2.19 bits per heavy atom. The van der Waals surface area contributed by atoms with Gasteiger partial charge in [-0.2, -0.15) is 13.2 Å². The molecule has 0 unspecified atom stereocenters. The van der Waals surface area contributed by atoms with Gasteiger partial charge in [-0.1, -0.05) is 18.2 Å². The second-order valence-corrected chi connectivity index (χ2v) is 5.30. The number of anilines is 1. The highest BCUT2D eigenvalue weighted by atomic mass is 32.2. The van der Waals surface area contributed by atoms with Gasteiger partial charge in [-0.05, 0) is 36.4 Å². The number of rotatable bonds is 4. The molecule has 110 valence electrons. The Kier molecular flexibility index (Phi) is 4.90. The first-order valence-electron chi connectivity index (χ1n) is 6.10. The first-order valence-corrected chi connectivity index (χ1v) is 7.09. The van der Waals surface area contributed by atoms with Crippen LogP contribution in [0.3, 0.4) is 0 Å². The molecule has 0 aliphatic carbocycles. The van der Waals surface area contributed by atoms with Crippen LogP contribution in [-0.2, 0) is 0 Å². The summed E-state index contributed by atoms with van der Waals surface area (Å²) in [4.78, 5) is 12.4. The molecule has 0 radical (unpaired) electrons. The molecule has 0 saturated heterocycles. The van der Waals surface area contributed by atoms with E-state index in [9.17, 15) is 18.0 Å². The zero-order valence-electron chi connectivity index (χ0n) is 10.9. The molecule has 1 amide bonds. The zero-order valence-corrected chi connectivity index (χ0v) is 11.7. The van der Waals surface area contributed by atoms with E-state index in [2.05, 4.69) is 5.32 Å². The van der Waals surface area contributed by atoms with Crippen molar-refractivity contribution in [3.05, 3.63) is 60.2 Å². The molecule has 2 aromatic carbocycles. The maximum Gasteiger partial charge on any atom is 0.398 e. The Bertz CT molecular complexity index is 597. The number of carbonyl (C=O) groups is 1. The lowest BCUT2D eigenvalue weighted by molar-refractivity contribution is -0.105. The summed E-state index contributed by atoms with van der Waals surface area (Å²) in [5.41, 5.74) is 1.06. The van der Waals surface area contributed by atoms with E-state index in [0.717, 1.165) is 0 Å². The molecule has 0 heterocycles. The second kappa shape index (κ2) is 6.67. The number of hydrogen-bond donors (Lipinski definition) is 1. The average Bonchev–Trinajstić information content (AvgIpc) is 2.46. The van der Waals surface area contributed by atoms with E-state index in [1.807, 2.05) is 6.07 Å². The van der Waals surface area contributed by atoms with Crippen LogP contribution in [0.2, 0.25) is 0 Å². The summed E-state index contributed by atoms with van der Waals surface area (Å²) in [5, 5.41) is 2.69. The number of halogens is 3. The molecule has 2 aromatic rings. The molecule has 0 spiro atoms. The average molecular weight is 311 g/mol. The lowest BCUT2D eigenvalue weighted by atomic mass is 10.2. The van der Waals surface area contributed by atoms with Crippen molar-refractivity contribution < 1.29 is 18.0 Å². The Morgan fingerprint density at radius 2 is 1.62 bits per heavy atom. The van der Waals surface area contributed by atoms with Gasteiger partial charge in [0.25, 0.3) is 5.91 Å². The summed E-state index contributed by atoms with van der Waals surface area (Å²) in [7, 11) is 0. The molecule has 0 bridgehead atoms. The van der Waals surface area contributed by atoms with Crippen LogP contribution in [0.4, 0.5) is 18.9 Å². The van der Waals surface area contributed by atoms with Gasteiger partial charge in [-0.3, -0.25) is 4.79 Å². The molecule has 2 rings (SSSR count). The van der Waals surface area contributed by atoms with Gasteiger partial charge in [0.2, 0.25) is 0 Å². The molecule has 0 aliphatic heterocycles. The molecule has 1 N–H and O–H groups in total. The monoisotopic (exact) mass is 311 g/mol. The number of nitrogens with one attached hydrogen (secondary N) is 1. The summed E-state index contributed by atoms with van der Waals surface area (Å²) in [6, 6.07) is 15.0. The van der Waals surface area contributed by atoms with Crippen molar-refractivity contribution in [3.8, 4) is 0 Å². The molecule has 0 aromatic heterocycles. The first-order chi connectivity index (χ1) is 9.94. The summed E-state index contributed by atoms with van der Waals surface area (Å²) in [6.07, 6.45) is -4.19. The van der Waals surface area contributed by atoms with E-state index in [1.54, 1.807) is 48.5 Å². The molecule has 0 atom stereocenters. The molecular weight excluding hydrogens is 299 g/mol. The van der Waals surface area contributed by atoms with Crippen LogP contribution in [0, 0.1) is 0 Å². The lowest BCUT2D eigenvalue weighted by Gasteiger charge is -2.08. The van der Waals surface area contributed by atoms with Crippen LogP contribution >= 0.6 is 11.8 Å². The van der Waals surface area contributed by atoms with Crippen LogP contribution in [0.25, 0.3) is 0 Å². The fraction of sp³-hybridized carbons (Fsp3) is 0.133. The van der Waals surface area contributed by atoms with E-state index >= 15 is 0 Å². The third-order valence-corrected chi connectivity index (χ3v) is 3.63. The number of thioether (sulfide) groups is 1. The van der Waals surface area contributed by atoms with E-state index in [1.165, 1.54) is 0 Å². The molecule has 0 saturated carbocycles. The van der Waals surface area contributed by atoms with Gasteiger partial charge >= 0.3 is 6.18 Å².